The van der Waals surface area contributed by atoms with E-state index >= 15 is 0 Å². The zero-order valence-electron chi connectivity index (χ0n) is 18.2. The van der Waals surface area contributed by atoms with Crippen LogP contribution in [0.15, 0.2) is 48.5 Å². The highest BCUT2D eigenvalue weighted by Gasteiger charge is 2.21. The first kappa shape index (κ1) is 22.3. The molecule has 30 heavy (non-hydrogen) atoms. The highest BCUT2D eigenvalue weighted by molar-refractivity contribution is 5.64. The number of nitrogens with zero attached hydrogens (tertiary/aromatic N) is 1. The molecule has 1 atom stereocenters. The van der Waals surface area contributed by atoms with Gasteiger partial charge in [0.15, 0.2) is 0 Å². The molecule has 1 fully saturated rings. The van der Waals surface area contributed by atoms with E-state index < -0.39 is 6.17 Å². The highest BCUT2D eigenvalue weighted by atomic mass is 19.1. The van der Waals surface area contributed by atoms with E-state index in [-0.39, 0.29) is 12.5 Å². The third-order valence-electron chi connectivity index (χ3n) is 6.28. The van der Waals surface area contributed by atoms with E-state index in [0.717, 1.165) is 49.8 Å². The summed E-state index contributed by atoms with van der Waals surface area (Å²) in [6.45, 7) is 2.30. The van der Waals surface area contributed by atoms with Crippen molar-refractivity contribution in [1.29, 1.82) is 5.26 Å². The van der Waals surface area contributed by atoms with Crippen LogP contribution in [0.5, 0.6) is 5.75 Å². The molecular weight excluding hydrogens is 373 g/mol. The van der Waals surface area contributed by atoms with E-state index in [9.17, 15) is 4.39 Å². The molecule has 0 unspecified atom stereocenters. The van der Waals surface area contributed by atoms with E-state index in [2.05, 4.69) is 37.3 Å². The number of unbranched alkanes of at least 4 members (excludes halogenated alkanes) is 3. The summed E-state index contributed by atoms with van der Waals surface area (Å²) in [4.78, 5) is 0. The first-order valence-corrected chi connectivity index (χ1v) is 11.6. The summed E-state index contributed by atoms with van der Waals surface area (Å²) in [7, 11) is 0. The highest BCUT2D eigenvalue weighted by Crippen LogP contribution is 2.36. The van der Waals surface area contributed by atoms with E-state index in [1.165, 1.54) is 24.0 Å². The first-order chi connectivity index (χ1) is 14.7. The first-order valence-electron chi connectivity index (χ1n) is 11.6. The maximum Gasteiger partial charge on any atom is 0.134 e. The largest absolute Gasteiger partial charge is 0.491 e. The summed E-state index contributed by atoms with van der Waals surface area (Å²) >= 11 is 0. The summed E-state index contributed by atoms with van der Waals surface area (Å²) in [6, 6.07) is 19.1. The summed E-state index contributed by atoms with van der Waals surface area (Å²) in [6.07, 6.45) is 8.34. The molecule has 3 heteroatoms. The molecule has 160 valence electrons. The molecule has 3 rings (SSSR count). The van der Waals surface area contributed by atoms with Crippen molar-refractivity contribution < 1.29 is 9.13 Å². The van der Waals surface area contributed by atoms with Gasteiger partial charge in [0.05, 0.1) is 6.07 Å². The van der Waals surface area contributed by atoms with Crippen LogP contribution in [0, 0.1) is 17.2 Å². The van der Waals surface area contributed by atoms with Gasteiger partial charge in [-0.1, -0.05) is 69.0 Å². The SMILES string of the molecule is CCCCCC[C@H](F)COc1ccc(-c2ccc(C3CCC(C#N)CC3)cc2)cc1. The average Bonchev–Trinajstić information content (AvgIpc) is 2.81. The van der Waals surface area contributed by atoms with Crippen LogP contribution in [0.4, 0.5) is 4.39 Å². The molecule has 0 saturated heterocycles. The molecule has 0 radical (unpaired) electrons. The van der Waals surface area contributed by atoms with Crippen LogP contribution >= 0.6 is 0 Å². The number of hydrogen-bond donors (Lipinski definition) is 0. The fraction of sp³-hybridized carbons (Fsp3) is 0.519. The smallest absolute Gasteiger partial charge is 0.134 e. The van der Waals surface area contributed by atoms with Crippen molar-refractivity contribution in [3.05, 3.63) is 54.1 Å². The Morgan fingerprint density at radius 2 is 1.57 bits per heavy atom. The summed E-state index contributed by atoms with van der Waals surface area (Å²) in [5, 5.41) is 9.07. The van der Waals surface area contributed by atoms with Crippen LogP contribution in [0.3, 0.4) is 0 Å². The van der Waals surface area contributed by atoms with Gasteiger partial charge in [-0.3, -0.25) is 0 Å². The third kappa shape index (κ3) is 6.59. The van der Waals surface area contributed by atoms with Gasteiger partial charge < -0.3 is 4.74 Å². The number of nitriles is 1. The van der Waals surface area contributed by atoms with Crippen molar-refractivity contribution >= 4 is 0 Å². The normalized spacial score (nSPS) is 19.8. The summed E-state index contributed by atoms with van der Waals surface area (Å²) in [5.74, 6) is 1.55. The lowest BCUT2D eigenvalue weighted by molar-refractivity contribution is 0.184. The van der Waals surface area contributed by atoms with Crippen molar-refractivity contribution in [3.63, 3.8) is 0 Å². The van der Waals surface area contributed by atoms with Crippen molar-refractivity contribution in [2.24, 2.45) is 5.92 Å². The molecule has 0 aliphatic heterocycles. The number of rotatable bonds is 10. The Labute approximate surface area is 181 Å². The Morgan fingerprint density at radius 1 is 0.933 bits per heavy atom. The van der Waals surface area contributed by atoms with Crippen LogP contribution in [-0.2, 0) is 0 Å². The van der Waals surface area contributed by atoms with Crippen LogP contribution < -0.4 is 4.74 Å². The topological polar surface area (TPSA) is 33.0 Å². The van der Waals surface area contributed by atoms with Crippen LogP contribution in [0.2, 0.25) is 0 Å². The van der Waals surface area contributed by atoms with Gasteiger partial charge in [0.2, 0.25) is 0 Å². The van der Waals surface area contributed by atoms with Crippen molar-refractivity contribution in [2.75, 3.05) is 6.61 Å². The van der Waals surface area contributed by atoms with Crippen LogP contribution in [0.25, 0.3) is 11.1 Å². The van der Waals surface area contributed by atoms with E-state index in [0.29, 0.717) is 12.3 Å². The average molecular weight is 408 g/mol. The molecule has 0 amide bonds. The fourth-order valence-electron chi connectivity index (χ4n) is 4.31. The molecule has 1 aliphatic rings. The molecule has 0 heterocycles. The Balaban J connectivity index is 1.48. The number of halogens is 1. The minimum atomic E-state index is -0.891. The number of benzene rings is 2. The molecular formula is C27H34FNO. The maximum absolute atomic E-state index is 14.0. The van der Waals surface area contributed by atoms with E-state index in [1.807, 2.05) is 24.3 Å². The molecule has 2 aromatic rings. The predicted molar refractivity (Wildman–Crippen MR) is 121 cm³/mol. The second-order valence-corrected chi connectivity index (χ2v) is 8.58. The van der Waals surface area contributed by atoms with Gasteiger partial charge in [0, 0.05) is 5.92 Å². The van der Waals surface area contributed by atoms with Gasteiger partial charge in [-0.05, 0) is 66.8 Å². The molecule has 0 spiro atoms. The number of hydrogen-bond acceptors (Lipinski definition) is 2. The molecule has 1 saturated carbocycles. The molecule has 2 aromatic carbocycles. The Bertz CT molecular complexity index is 785. The number of ether oxygens (including phenoxy) is 1. The lowest BCUT2D eigenvalue weighted by atomic mass is 9.79. The van der Waals surface area contributed by atoms with Crippen LogP contribution in [0.1, 0.15) is 76.2 Å². The van der Waals surface area contributed by atoms with Crippen molar-refractivity contribution in [2.45, 2.75) is 76.8 Å². The molecule has 1 aliphatic carbocycles. The van der Waals surface area contributed by atoms with Gasteiger partial charge in [-0.2, -0.15) is 5.26 Å². The predicted octanol–water partition coefficient (Wildman–Crippen LogP) is 7.84. The zero-order valence-corrected chi connectivity index (χ0v) is 18.2. The summed E-state index contributed by atoms with van der Waals surface area (Å²) < 4.78 is 19.6. The van der Waals surface area contributed by atoms with Gasteiger partial charge in [-0.25, -0.2) is 4.39 Å². The second kappa shape index (κ2) is 11.7. The molecule has 0 aromatic heterocycles. The lowest BCUT2D eigenvalue weighted by Gasteiger charge is -2.25. The summed E-state index contributed by atoms with van der Waals surface area (Å²) in [5.41, 5.74) is 3.69. The maximum atomic E-state index is 14.0. The van der Waals surface area contributed by atoms with Crippen LogP contribution in [-0.4, -0.2) is 12.8 Å². The standard InChI is InChI=1S/C27H34FNO/c1-2-3-4-5-6-26(28)20-30-27-17-15-25(16-18-27)24-13-11-23(12-14-24)22-9-7-21(19-29)8-10-22/h11-18,21-22,26H,2-10,20H2,1H3/t21?,22?,26-/m0/s1. The van der Waals surface area contributed by atoms with Gasteiger partial charge in [-0.15, -0.1) is 0 Å². The third-order valence-corrected chi connectivity index (χ3v) is 6.28. The molecule has 0 bridgehead atoms. The van der Waals surface area contributed by atoms with E-state index in [1.54, 1.807) is 0 Å². The van der Waals surface area contributed by atoms with Crippen molar-refractivity contribution in [1.82, 2.24) is 0 Å². The lowest BCUT2D eigenvalue weighted by Crippen LogP contribution is -2.12. The zero-order chi connectivity index (χ0) is 21.2. The minimum absolute atomic E-state index is 0.133. The fourth-order valence-corrected chi connectivity index (χ4v) is 4.31. The Kier molecular flexibility index (Phi) is 8.75. The number of alkyl halides is 1. The Morgan fingerprint density at radius 3 is 2.17 bits per heavy atom. The monoisotopic (exact) mass is 407 g/mol. The molecule has 2 nitrogen and oxygen atoms in total. The van der Waals surface area contributed by atoms with E-state index in [4.69, 9.17) is 10.00 Å². The van der Waals surface area contributed by atoms with Gasteiger partial charge in [0.1, 0.15) is 18.5 Å². The Hall–Kier alpha value is -2.34. The molecule has 0 N–H and O–H groups in total. The second-order valence-electron chi connectivity index (χ2n) is 8.58. The quantitative estimate of drug-likeness (QED) is 0.376. The van der Waals surface area contributed by atoms with Gasteiger partial charge >= 0.3 is 0 Å². The van der Waals surface area contributed by atoms with Gasteiger partial charge in [0.25, 0.3) is 0 Å². The van der Waals surface area contributed by atoms with Crippen molar-refractivity contribution in [3.8, 4) is 22.9 Å². The minimum Gasteiger partial charge on any atom is -0.491 e.